The molecule has 0 saturated carbocycles. The minimum absolute atomic E-state index is 0. The van der Waals surface area contributed by atoms with Crippen LogP contribution >= 0.6 is 12.4 Å². The van der Waals surface area contributed by atoms with E-state index in [1.54, 1.807) is 0 Å². The van der Waals surface area contributed by atoms with Crippen LogP contribution in [0.25, 0.3) is 0 Å². The van der Waals surface area contributed by atoms with Gasteiger partial charge in [0.2, 0.25) is 5.95 Å². The van der Waals surface area contributed by atoms with Gasteiger partial charge in [0.1, 0.15) is 0 Å². The molecule has 2 rings (SSSR count). The number of hydrogen-bond acceptors (Lipinski definition) is 2. The molecular formula is C8H14ClN3. The standard InChI is InChI=1S/C8H13N3.ClH/c1-6-7(2)11-5-3-4-9-8(11)10-6;/h3-5H2,1-2H3,(H,9,10);1H. The molecule has 0 amide bonds. The van der Waals surface area contributed by atoms with Crippen LogP contribution in [0.4, 0.5) is 5.95 Å². The minimum atomic E-state index is 0. The van der Waals surface area contributed by atoms with Gasteiger partial charge in [-0.05, 0) is 20.3 Å². The lowest BCUT2D eigenvalue weighted by Crippen LogP contribution is -2.17. The molecule has 2 heterocycles. The van der Waals surface area contributed by atoms with Gasteiger partial charge >= 0.3 is 0 Å². The number of anilines is 1. The Kier molecular flexibility index (Phi) is 2.62. The van der Waals surface area contributed by atoms with Gasteiger partial charge in [-0.1, -0.05) is 0 Å². The molecule has 12 heavy (non-hydrogen) atoms. The number of rotatable bonds is 0. The van der Waals surface area contributed by atoms with Crippen molar-refractivity contribution in [3.05, 3.63) is 11.4 Å². The molecule has 0 unspecified atom stereocenters. The molecule has 0 bridgehead atoms. The number of halogens is 1. The average Bonchev–Trinajstić information content (AvgIpc) is 2.30. The Labute approximate surface area is 78.6 Å². The maximum atomic E-state index is 4.40. The largest absolute Gasteiger partial charge is 0.356 e. The Balaban J connectivity index is 0.000000720. The van der Waals surface area contributed by atoms with Crippen LogP contribution in [0.1, 0.15) is 17.8 Å². The molecule has 1 N–H and O–H groups in total. The summed E-state index contributed by atoms with van der Waals surface area (Å²) >= 11 is 0. The SMILES string of the molecule is Cc1nc2n(c1C)CCCN2.Cl. The van der Waals surface area contributed by atoms with Gasteiger partial charge in [0, 0.05) is 18.8 Å². The second-order valence-corrected chi connectivity index (χ2v) is 3.04. The zero-order valence-electron chi connectivity index (χ0n) is 7.42. The van der Waals surface area contributed by atoms with Crippen molar-refractivity contribution in [2.45, 2.75) is 26.8 Å². The highest BCUT2D eigenvalue weighted by atomic mass is 35.5. The summed E-state index contributed by atoms with van der Waals surface area (Å²) in [6.07, 6.45) is 1.21. The molecule has 0 spiro atoms. The van der Waals surface area contributed by atoms with Crippen LogP contribution in [0.15, 0.2) is 0 Å². The molecule has 1 aliphatic heterocycles. The zero-order valence-corrected chi connectivity index (χ0v) is 8.24. The van der Waals surface area contributed by atoms with Crippen molar-refractivity contribution in [2.75, 3.05) is 11.9 Å². The number of hydrogen-bond donors (Lipinski definition) is 1. The third-order valence-electron chi connectivity index (χ3n) is 2.30. The van der Waals surface area contributed by atoms with E-state index in [1.807, 2.05) is 0 Å². The van der Waals surface area contributed by atoms with E-state index in [0.717, 1.165) is 24.7 Å². The number of nitrogens with zero attached hydrogens (tertiary/aromatic N) is 2. The monoisotopic (exact) mass is 187 g/mol. The van der Waals surface area contributed by atoms with Crippen molar-refractivity contribution in [2.24, 2.45) is 0 Å². The summed E-state index contributed by atoms with van der Waals surface area (Å²) in [4.78, 5) is 4.40. The highest BCUT2D eigenvalue weighted by molar-refractivity contribution is 5.85. The number of fused-ring (bicyclic) bond motifs is 1. The van der Waals surface area contributed by atoms with E-state index < -0.39 is 0 Å². The molecule has 0 aromatic carbocycles. The van der Waals surface area contributed by atoms with Gasteiger partial charge in [0.05, 0.1) is 5.69 Å². The summed E-state index contributed by atoms with van der Waals surface area (Å²) in [6.45, 7) is 6.37. The van der Waals surface area contributed by atoms with Crippen LogP contribution in [-0.4, -0.2) is 16.1 Å². The first-order valence-corrected chi connectivity index (χ1v) is 4.06. The van der Waals surface area contributed by atoms with E-state index in [4.69, 9.17) is 0 Å². The Hall–Kier alpha value is -0.700. The maximum absolute atomic E-state index is 4.40. The second-order valence-electron chi connectivity index (χ2n) is 3.04. The summed E-state index contributed by atoms with van der Waals surface area (Å²) < 4.78 is 2.25. The van der Waals surface area contributed by atoms with Crippen molar-refractivity contribution in [3.63, 3.8) is 0 Å². The molecule has 68 valence electrons. The van der Waals surface area contributed by atoms with E-state index in [-0.39, 0.29) is 12.4 Å². The van der Waals surface area contributed by atoms with Crippen LogP contribution in [0.5, 0.6) is 0 Å². The molecular weight excluding hydrogens is 174 g/mol. The van der Waals surface area contributed by atoms with Gasteiger partial charge in [-0.25, -0.2) is 4.98 Å². The first-order valence-electron chi connectivity index (χ1n) is 4.06. The Bertz CT molecular complexity index is 280. The summed E-state index contributed by atoms with van der Waals surface area (Å²) in [5, 5.41) is 3.28. The lowest BCUT2D eigenvalue weighted by molar-refractivity contribution is 0.614. The van der Waals surface area contributed by atoms with Crippen molar-refractivity contribution in [3.8, 4) is 0 Å². The number of aryl methyl sites for hydroxylation is 1. The predicted molar refractivity (Wildman–Crippen MR) is 52.1 cm³/mol. The molecule has 1 aromatic heterocycles. The summed E-state index contributed by atoms with van der Waals surface area (Å²) in [7, 11) is 0. The van der Waals surface area contributed by atoms with Crippen LogP contribution in [0.2, 0.25) is 0 Å². The Morgan fingerprint density at radius 2 is 2.17 bits per heavy atom. The third kappa shape index (κ3) is 1.29. The number of imidazole rings is 1. The molecule has 0 atom stereocenters. The molecule has 1 aliphatic rings. The lowest BCUT2D eigenvalue weighted by atomic mass is 10.3. The molecule has 3 nitrogen and oxygen atoms in total. The predicted octanol–water partition coefficient (Wildman–Crippen LogP) is 1.74. The molecule has 0 saturated heterocycles. The number of aromatic nitrogens is 2. The van der Waals surface area contributed by atoms with Gasteiger partial charge in [-0.3, -0.25) is 0 Å². The van der Waals surface area contributed by atoms with Crippen molar-refractivity contribution in [1.29, 1.82) is 0 Å². The van der Waals surface area contributed by atoms with Crippen molar-refractivity contribution in [1.82, 2.24) is 9.55 Å². The number of nitrogens with one attached hydrogen (secondary N) is 1. The smallest absolute Gasteiger partial charge is 0.203 e. The fraction of sp³-hybridized carbons (Fsp3) is 0.625. The van der Waals surface area contributed by atoms with Crippen molar-refractivity contribution >= 4 is 18.4 Å². The third-order valence-corrected chi connectivity index (χ3v) is 2.30. The average molecular weight is 188 g/mol. The highest BCUT2D eigenvalue weighted by Crippen LogP contribution is 2.17. The fourth-order valence-corrected chi connectivity index (χ4v) is 1.50. The van der Waals surface area contributed by atoms with Gasteiger partial charge in [-0.2, -0.15) is 0 Å². The lowest BCUT2D eigenvalue weighted by Gasteiger charge is -2.16. The van der Waals surface area contributed by atoms with Crippen LogP contribution in [-0.2, 0) is 6.54 Å². The van der Waals surface area contributed by atoms with Gasteiger partial charge in [-0.15, -0.1) is 12.4 Å². The second kappa shape index (κ2) is 3.35. The van der Waals surface area contributed by atoms with E-state index in [9.17, 15) is 0 Å². The van der Waals surface area contributed by atoms with E-state index >= 15 is 0 Å². The molecule has 0 aliphatic carbocycles. The fourth-order valence-electron chi connectivity index (χ4n) is 1.50. The van der Waals surface area contributed by atoms with E-state index in [0.29, 0.717) is 0 Å². The molecule has 0 fully saturated rings. The Morgan fingerprint density at radius 1 is 1.42 bits per heavy atom. The molecule has 0 radical (unpaired) electrons. The van der Waals surface area contributed by atoms with Crippen LogP contribution in [0.3, 0.4) is 0 Å². The van der Waals surface area contributed by atoms with Gasteiger partial charge < -0.3 is 9.88 Å². The normalized spacial score (nSPS) is 14.5. The topological polar surface area (TPSA) is 29.9 Å². The Morgan fingerprint density at radius 3 is 2.83 bits per heavy atom. The van der Waals surface area contributed by atoms with E-state index in [2.05, 4.69) is 28.7 Å². The van der Waals surface area contributed by atoms with Gasteiger partial charge in [0.25, 0.3) is 0 Å². The van der Waals surface area contributed by atoms with Crippen LogP contribution in [0, 0.1) is 13.8 Å². The minimum Gasteiger partial charge on any atom is -0.356 e. The quantitative estimate of drug-likeness (QED) is 0.671. The highest BCUT2D eigenvalue weighted by Gasteiger charge is 2.12. The first-order chi connectivity index (χ1) is 5.29. The van der Waals surface area contributed by atoms with Crippen molar-refractivity contribution < 1.29 is 0 Å². The molecule has 4 heteroatoms. The van der Waals surface area contributed by atoms with Gasteiger partial charge in [0.15, 0.2) is 0 Å². The first kappa shape index (κ1) is 9.39. The van der Waals surface area contributed by atoms with E-state index in [1.165, 1.54) is 12.1 Å². The zero-order chi connectivity index (χ0) is 7.84. The summed E-state index contributed by atoms with van der Waals surface area (Å²) in [5.41, 5.74) is 2.45. The maximum Gasteiger partial charge on any atom is 0.203 e. The summed E-state index contributed by atoms with van der Waals surface area (Å²) in [5.74, 6) is 1.05. The van der Waals surface area contributed by atoms with Crippen LogP contribution < -0.4 is 5.32 Å². The summed E-state index contributed by atoms with van der Waals surface area (Å²) in [6, 6.07) is 0. The molecule has 1 aromatic rings.